The van der Waals surface area contributed by atoms with E-state index in [0.29, 0.717) is 11.5 Å². The van der Waals surface area contributed by atoms with Gasteiger partial charge in [0.15, 0.2) is 5.16 Å². The van der Waals surface area contributed by atoms with Crippen LogP contribution in [0.15, 0.2) is 53.7 Å². The normalized spacial score (nSPS) is 14.6. The van der Waals surface area contributed by atoms with E-state index in [0.717, 1.165) is 53.8 Å². The van der Waals surface area contributed by atoms with Crippen molar-refractivity contribution in [2.45, 2.75) is 5.16 Å². The van der Waals surface area contributed by atoms with E-state index in [1.165, 1.54) is 11.8 Å². The number of nitrogens with zero attached hydrogens (tertiary/aromatic N) is 5. The fourth-order valence-electron chi connectivity index (χ4n) is 3.76. The third-order valence-electron chi connectivity index (χ3n) is 5.40. The third kappa shape index (κ3) is 3.45. The lowest BCUT2D eigenvalue weighted by Crippen LogP contribution is -2.49. The van der Waals surface area contributed by atoms with Crippen molar-refractivity contribution in [3.05, 3.63) is 48.5 Å². The number of carbonyl (C=O) groups excluding carboxylic acids is 1. The Hall–Kier alpha value is -3.20. The summed E-state index contributed by atoms with van der Waals surface area (Å²) in [7, 11) is 1.67. The summed E-state index contributed by atoms with van der Waals surface area (Å²) in [5.41, 5.74) is 3.06. The Morgan fingerprint density at radius 3 is 2.63 bits per heavy atom. The second-order valence-corrected chi connectivity index (χ2v) is 8.06. The molecule has 2 aromatic heterocycles. The highest BCUT2D eigenvalue weighted by atomic mass is 32.2. The molecule has 0 unspecified atom stereocenters. The molecule has 1 amide bonds. The van der Waals surface area contributed by atoms with Crippen LogP contribution in [0.3, 0.4) is 0 Å². The number of nitrogens with one attached hydrogen (secondary N) is 1. The first kappa shape index (κ1) is 18.8. The topological polar surface area (TPSA) is 78.8 Å². The summed E-state index contributed by atoms with van der Waals surface area (Å²) in [6, 6.07) is 16.0. The second kappa shape index (κ2) is 7.91. The van der Waals surface area contributed by atoms with Gasteiger partial charge in [0.25, 0.3) is 0 Å². The van der Waals surface area contributed by atoms with Crippen LogP contribution in [0.4, 0.5) is 5.69 Å². The predicted molar refractivity (Wildman–Crippen MR) is 117 cm³/mol. The molecule has 2 aromatic carbocycles. The number of benzene rings is 2. The van der Waals surface area contributed by atoms with Crippen molar-refractivity contribution in [3.8, 4) is 5.75 Å². The molecule has 4 aromatic rings. The van der Waals surface area contributed by atoms with Crippen molar-refractivity contribution < 1.29 is 9.53 Å². The molecule has 8 nitrogen and oxygen atoms in total. The van der Waals surface area contributed by atoms with Gasteiger partial charge in [0, 0.05) is 31.9 Å². The Balaban J connectivity index is 1.20. The number of para-hydroxylation sites is 2. The maximum Gasteiger partial charge on any atom is 0.233 e. The molecule has 30 heavy (non-hydrogen) atoms. The van der Waals surface area contributed by atoms with Crippen LogP contribution in [0.25, 0.3) is 16.8 Å². The maximum absolute atomic E-state index is 12.8. The number of hydrogen-bond donors (Lipinski definition) is 1. The Morgan fingerprint density at radius 2 is 1.87 bits per heavy atom. The van der Waals surface area contributed by atoms with Gasteiger partial charge in [-0.15, -0.1) is 5.10 Å². The lowest BCUT2D eigenvalue weighted by atomic mass is 10.2. The molecule has 0 bridgehead atoms. The largest absolute Gasteiger partial charge is 0.497 e. The molecular formula is C21H22N6O2S. The van der Waals surface area contributed by atoms with Crippen LogP contribution in [0.2, 0.25) is 0 Å². The summed E-state index contributed by atoms with van der Waals surface area (Å²) in [6.07, 6.45) is 0. The van der Waals surface area contributed by atoms with E-state index >= 15 is 0 Å². The number of thioether (sulfide) groups is 1. The van der Waals surface area contributed by atoms with E-state index in [1.54, 1.807) is 7.11 Å². The van der Waals surface area contributed by atoms with Crippen LogP contribution < -0.4 is 9.64 Å². The summed E-state index contributed by atoms with van der Waals surface area (Å²) < 4.78 is 7.19. The average molecular weight is 423 g/mol. The zero-order valence-electron chi connectivity index (χ0n) is 16.6. The third-order valence-corrected chi connectivity index (χ3v) is 6.32. The van der Waals surface area contributed by atoms with Gasteiger partial charge >= 0.3 is 0 Å². The van der Waals surface area contributed by atoms with Gasteiger partial charge < -0.3 is 14.5 Å². The van der Waals surface area contributed by atoms with Crippen molar-refractivity contribution in [1.29, 1.82) is 0 Å². The lowest BCUT2D eigenvalue weighted by Gasteiger charge is -2.36. The quantitative estimate of drug-likeness (QED) is 0.498. The molecule has 0 atom stereocenters. The van der Waals surface area contributed by atoms with Gasteiger partial charge in [-0.2, -0.15) is 0 Å². The van der Waals surface area contributed by atoms with Crippen LogP contribution in [-0.2, 0) is 4.79 Å². The van der Waals surface area contributed by atoms with Crippen LogP contribution in [0.5, 0.6) is 5.75 Å². The standard InChI is InChI=1S/C21H22N6O2S/c1-29-16-8-6-15(7-9-16)25-10-12-26(13-11-25)19(28)14-30-21-24-23-20-22-17-4-2-3-5-18(17)27(20)21/h2-9H,10-14H2,1H3,(H,22,23). The first-order valence-corrected chi connectivity index (χ1v) is 10.8. The zero-order chi connectivity index (χ0) is 20.5. The predicted octanol–water partition coefficient (Wildman–Crippen LogP) is 2.66. The number of ether oxygens (including phenoxy) is 1. The molecule has 0 aliphatic carbocycles. The first-order valence-electron chi connectivity index (χ1n) is 9.84. The van der Waals surface area contributed by atoms with Crippen molar-refractivity contribution >= 4 is 40.2 Å². The van der Waals surface area contributed by atoms with Gasteiger partial charge in [0.1, 0.15) is 5.75 Å². The van der Waals surface area contributed by atoms with E-state index in [4.69, 9.17) is 4.74 Å². The van der Waals surface area contributed by atoms with Crippen LogP contribution in [0, 0.1) is 0 Å². The number of anilines is 1. The molecular weight excluding hydrogens is 400 g/mol. The fourth-order valence-corrected chi connectivity index (χ4v) is 4.62. The summed E-state index contributed by atoms with van der Waals surface area (Å²) in [5.74, 6) is 2.03. The summed E-state index contributed by atoms with van der Waals surface area (Å²) >= 11 is 1.44. The van der Waals surface area contributed by atoms with Gasteiger partial charge in [-0.25, -0.2) is 10.1 Å². The van der Waals surface area contributed by atoms with Crippen molar-refractivity contribution in [3.63, 3.8) is 0 Å². The summed E-state index contributed by atoms with van der Waals surface area (Å²) in [5, 5.41) is 8.04. The number of amides is 1. The monoisotopic (exact) mass is 422 g/mol. The number of fused-ring (bicyclic) bond motifs is 3. The molecule has 0 radical (unpaired) electrons. The smallest absolute Gasteiger partial charge is 0.233 e. The number of methoxy groups -OCH3 is 1. The van der Waals surface area contributed by atoms with Crippen molar-refractivity contribution in [1.82, 2.24) is 24.5 Å². The van der Waals surface area contributed by atoms with E-state index < -0.39 is 0 Å². The SMILES string of the molecule is COc1ccc(N2CCN(C(=O)CSc3n[nH]c4nc5ccccc5n34)CC2)cc1. The number of piperazine rings is 1. The number of rotatable bonds is 5. The van der Waals surface area contributed by atoms with Gasteiger partial charge in [0.2, 0.25) is 11.7 Å². The Kier molecular flexibility index (Phi) is 4.96. The highest BCUT2D eigenvalue weighted by molar-refractivity contribution is 7.99. The number of carbonyl (C=O) groups is 1. The van der Waals surface area contributed by atoms with Crippen LogP contribution in [-0.4, -0.2) is 69.4 Å². The molecule has 0 spiro atoms. The van der Waals surface area contributed by atoms with Gasteiger partial charge in [-0.3, -0.25) is 9.20 Å². The molecule has 1 saturated heterocycles. The summed E-state index contributed by atoms with van der Waals surface area (Å²) in [4.78, 5) is 21.5. The van der Waals surface area contributed by atoms with Crippen LogP contribution in [0.1, 0.15) is 0 Å². The van der Waals surface area contributed by atoms with Crippen molar-refractivity contribution in [2.24, 2.45) is 0 Å². The van der Waals surface area contributed by atoms with Crippen molar-refractivity contribution in [2.75, 3.05) is 43.9 Å². The molecule has 5 rings (SSSR count). The number of imidazole rings is 1. The minimum Gasteiger partial charge on any atom is -0.497 e. The van der Waals surface area contributed by atoms with E-state index in [9.17, 15) is 4.79 Å². The minimum absolute atomic E-state index is 0.134. The number of aromatic nitrogens is 4. The van der Waals surface area contributed by atoms with Gasteiger partial charge in [0.05, 0.1) is 23.9 Å². The highest BCUT2D eigenvalue weighted by Gasteiger charge is 2.22. The van der Waals surface area contributed by atoms with E-state index in [2.05, 4.69) is 32.2 Å². The van der Waals surface area contributed by atoms with Gasteiger partial charge in [-0.05, 0) is 36.4 Å². The molecule has 1 aliphatic heterocycles. The van der Waals surface area contributed by atoms with E-state index in [-0.39, 0.29) is 5.91 Å². The fraction of sp³-hybridized carbons (Fsp3) is 0.286. The molecule has 3 heterocycles. The minimum atomic E-state index is 0.134. The Labute approximate surface area is 177 Å². The Morgan fingerprint density at radius 1 is 1.10 bits per heavy atom. The van der Waals surface area contributed by atoms with Crippen LogP contribution >= 0.6 is 11.8 Å². The zero-order valence-corrected chi connectivity index (χ0v) is 17.4. The van der Waals surface area contributed by atoms with E-state index in [1.807, 2.05) is 45.7 Å². The second-order valence-electron chi connectivity index (χ2n) is 7.12. The Bertz CT molecular complexity index is 1180. The highest BCUT2D eigenvalue weighted by Crippen LogP contribution is 2.24. The molecule has 1 aliphatic rings. The molecule has 154 valence electrons. The number of aromatic amines is 1. The van der Waals surface area contributed by atoms with Gasteiger partial charge in [-0.1, -0.05) is 23.9 Å². The molecule has 0 saturated carbocycles. The summed E-state index contributed by atoms with van der Waals surface area (Å²) in [6.45, 7) is 3.08. The number of H-pyrrole nitrogens is 1. The molecule has 1 fully saturated rings. The number of hydrogen-bond acceptors (Lipinski definition) is 6. The lowest BCUT2D eigenvalue weighted by molar-refractivity contribution is -0.128. The molecule has 9 heteroatoms. The maximum atomic E-state index is 12.8. The molecule has 1 N–H and O–H groups in total. The first-order chi connectivity index (χ1) is 14.7. The average Bonchev–Trinajstić information content (AvgIpc) is 3.37.